The fourth-order valence-electron chi connectivity index (χ4n) is 2.09. The summed E-state index contributed by atoms with van der Waals surface area (Å²) in [5.41, 5.74) is 5.47. The number of ether oxygens (including phenoxy) is 1. The van der Waals surface area contributed by atoms with Gasteiger partial charge in [0.2, 0.25) is 0 Å². The molecule has 0 bridgehead atoms. The predicted molar refractivity (Wildman–Crippen MR) is 63.8 cm³/mol. The Bertz CT molecular complexity index is 506. The first-order valence-electron chi connectivity index (χ1n) is 5.54. The molecule has 0 saturated carbocycles. The minimum atomic E-state index is 0.618. The van der Waals surface area contributed by atoms with Crippen LogP contribution in [0.15, 0.2) is 17.9 Å². The molecule has 1 aliphatic carbocycles. The van der Waals surface area contributed by atoms with E-state index in [0.717, 1.165) is 17.7 Å². The number of rotatable bonds is 2. The monoisotopic (exact) mass is 213 g/mol. The van der Waals surface area contributed by atoms with Gasteiger partial charge < -0.3 is 4.74 Å². The lowest BCUT2D eigenvalue weighted by molar-refractivity contribution is 0.227. The predicted octanol–water partition coefficient (Wildman–Crippen LogP) is 3.13. The summed E-state index contributed by atoms with van der Waals surface area (Å²) in [6.07, 6.45) is 0.757. The fraction of sp³-hybridized carbons (Fsp3) is 0.357. The lowest BCUT2D eigenvalue weighted by atomic mass is 9.99. The van der Waals surface area contributed by atoms with Gasteiger partial charge in [0.25, 0.3) is 0 Å². The van der Waals surface area contributed by atoms with Crippen molar-refractivity contribution in [2.24, 2.45) is 0 Å². The highest BCUT2D eigenvalue weighted by Crippen LogP contribution is 2.34. The fourth-order valence-corrected chi connectivity index (χ4v) is 2.09. The molecule has 0 spiro atoms. The first kappa shape index (κ1) is 10.8. The molecule has 2 heteroatoms. The van der Waals surface area contributed by atoms with E-state index in [1.165, 1.54) is 16.7 Å². The summed E-state index contributed by atoms with van der Waals surface area (Å²) in [6, 6.07) is 6.51. The number of nitriles is 1. The molecule has 0 heterocycles. The SMILES string of the molecule is CCOC1=C(C#N)c2cc(C)c(C)cc2C1. The van der Waals surface area contributed by atoms with Gasteiger partial charge in [-0.15, -0.1) is 0 Å². The van der Waals surface area contributed by atoms with Crippen molar-refractivity contribution in [3.8, 4) is 6.07 Å². The van der Waals surface area contributed by atoms with Crippen molar-refractivity contribution in [2.75, 3.05) is 6.61 Å². The van der Waals surface area contributed by atoms with Gasteiger partial charge in [0.05, 0.1) is 12.2 Å². The minimum Gasteiger partial charge on any atom is -0.496 e. The molecule has 2 rings (SSSR count). The van der Waals surface area contributed by atoms with Crippen LogP contribution in [-0.2, 0) is 11.2 Å². The smallest absolute Gasteiger partial charge is 0.119 e. The number of allylic oxidation sites excluding steroid dienone is 2. The highest BCUT2D eigenvalue weighted by Gasteiger charge is 2.23. The molecule has 1 aromatic rings. The number of aryl methyl sites for hydroxylation is 2. The van der Waals surface area contributed by atoms with Gasteiger partial charge in [0.15, 0.2) is 0 Å². The second-order valence-electron chi connectivity index (χ2n) is 4.11. The molecule has 82 valence electrons. The maximum absolute atomic E-state index is 9.18. The molecule has 0 N–H and O–H groups in total. The number of benzene rings is 1. The van der Waals surface area contributed by atoms with Crippen molar-refractivity contribution in [3.05, 3.63) is 40.1 Å². The lowest BCUT2D eigenvalue weighted by Gasteiger charge is -2.04. The van der Waals surface area contributed by atoms with Crippen molar-refractivity contribution in [2.45, 2.75) is 27.2 Å². The van der Waals surface area contributed by atoms with E-state index >= 15 is 0 Å². The van der Waals surface area contributed by atoms with Gasteiger partial charge in [-0.2, -0.15) is 5.26 Å². The maximum atomic E-state index is 9.18. The van der Waals surface area contributed by atoms with Crippen LogP contribution in [0.4, 0.5) is 0 Å². The van der Waals surface area contributed by atoms with Gasteiger partial charge in [-0.3, -0.25) is 0 Å². The highest BCUT2D eigenvalue weighted by atomic mass is 16.5. The van der Waals surface area contributed by atoms with Crippen LogP contribution in [0.2, 0.25) is 0 Å². The van der Waals surface area contributed by atoms with Gasteiger partial charge in [-0.1, -0.05) is 12.1 Å². The molecule has 0 saturated heterocycles. The zero-order valence-electron chi connectivity index (χ0n) is 9.92. The largest absolute Gasteiger partial charge is 0.496 e. The van der Waals surface area contributed by atoms with Gasteiger partial charge in [0.1, 0.15) is 11.8 Å². The molecule has 0 amide bonds. The minimum absolute atomic E-state index is 0.618. The molecule has 0 radical (unpaired) electrons. The van der Waals surface area contributed by atoms with Crippen LogP contribution in [0.3, 0.4) is 0 Å². The van der Waals surface area contributed by atoms with E-state index in [4.69, 9.17) is 4.74 Å². The Balaban J connectivity index is 2.52. The number of hydrogen-bond donors (Lipinski definition) is 0. The Morgan fingerprint density at radius 1 is 1.31 bits per heavy atom. The molecule has 0 aromatic heterocycles. The summed E-state index contributed by atoms with van der Waals surface area (Å²) in [5.74, 6) is 0.824. The summed E-state index contributed by atoms with van der Waals surface area (Å²) < 4.78 is 5.53. The van der Waals surface area contributed by atoms with Gasteiger partial charge in [-0.05, 0) is 43.0 Å². The standard InChI is InChI=1S/C14H15NO/c1-4-16-14-7-11-5-9(2)10(3)6-12(11)13(14)8-15/h5-6H,4,7H2,1-3H3. The summed E-state index contributed by atoms with van der Waals surface area (Å²) in [5, 5.41) is 9.18. The first-order chi connectivity index (χ1) is 7.67. The molecule has 0 unspecified atom stereocenters. The molecule has 0 aliphatic heterocycles. The molecule has 16 heavy (non-hydrogen) atoms. The van der Waals surface area contributed by atoms with E-state index in [-0.39, 0.29) is 0 Å². The second-order valence-corrected chi connectivity index (χ2v) is 4.11. The molecular weight excluding hydrogens is 198 g/mol. The Morgan fingerprint density at radius 2 is 2.00 bits per heavy atom. The van der Waals surface area contributed by atoms with Gasteiger partial charge in [-0.25, -0.2) is 0 Å². The van der Waals surface area contributed by atoms with E-state index in [1.54, 1.807) is 0 Å². The van der Waals surface area contributed by atoms with Crippen LogP contribution < -0.4 is 0 Å². The molecule has 0 fully saturated rings. The van der Waals surface area contributed by atoms with Crippen LogP contribution in [0.25, 0.3) is 5.57 Å². The zero-order valence-corrected chi connectivity index (χ0v) is 9.92. The normalized spacial score (nSPS) is 13.6. The third-order valence-electron chi connectivity index (χ3n) is 3.05. The third kappa shape index (κ3) is 1.59. The first-order valence-corrected chi connectivity index (χ1v) is 5.54. The molecule has 1 aromatic carbocycles. The van der Waals surface area contributed by atoms with Gasteiger partial charge in [0, 0.05) is 6.42 Å². The lowest BCUT2D eigenvalue weighted by Crippen LogP contribution is -1.92. The Morgan fingerprint density at radius 3 is 2.62 bits per heavy atom. The molecule has 1 aliphatic rings. The summed E-state index contributed by atoms with van der Waals surface area (Å²) >= 11 is 0. The highest BCUT2D eigenvalue weighted by molar-refractivity contribution is 5.84. The van der Waals surface area contributed by atoms with E-state index in [2.05, 4.69) is 32.0 Å². The zero-order chi connectivity index (χ0) is 11.7. The summed E-state index contributed by atoms with van der Waals surface area (Å²) in [6.45, 7) is 6.73. The quantitative estimate of drug-likeness (QED) is 0.756. The maximum Gasteiger partial charge on any atom is 0.119 e. The van der Waals surface area contributed by atoms with Crippen molar-refractivity contribution >= 4 is 5.57 Å². The van der Waals surface area contributed by atoms with E-state index < -0.39 is 0 Å². The van der Waals surface area contributed by atoms with Crippen molar-refractivity contribution in [3.63, 3.8) is 0 Å². The van der Waals surface area contributed by atoms with E-state index in [9.17, 15) is 5.26 Å². The average molecular weight is 213 g/mol. The molecular formula is C14H15NO. The summed E-state index contributed by atoms with van der Waals surface area (Å²) in [7, 11) is 0. The third-order valence-corrected chi connectivity index (χ3v) is 3.05. The van der Waals surface area contributed by atoms with Crippen molar-refractivity contribution in [1.29, 1.82) is 5.26 Å². The number of hydrogen-bond acceptors (Lipinski definition) is 2. The number of fused-ring (bicyclic) bond motifs is 1. The second kappa shape index (κ2) is 4.02. The Labute approximate surface area is 96.2 Å². The van der Waals surface area contributed by atoms with Gasteiger partial charge >= 0.3 is 0 Å². The number of nitrogens with zero attached hydrogens (tertiary/aromatic N) is 1. The van der Waals surface area contributed by atoms with E-state index in [1.807, 2.05) is 6.92 Å². The Kier molecular flexibility index (Phi) is 2.70. The van der Waals surface area contributed by atoms with Crippen molar-refractivity contribution < 1.29 is 4.74 Å². The van der Waals surface area contributed by atoms with Crippen LogP contribution >= 0.6 is 0 Å². The van der Waals surface area contributed by atoms with Crippen LogP contribution in [0.5, 0.6) is 0 Å². The van der Waals surface area contributed by atoms with Crippen LogP contribution in [0, 0.1) is 25.2 Å². The topological polar surface area (TPSA) is 33.0 Å². The van der Waals surface area contributed by atoms with E-state index in [0.29, 0.717) is 12.2 Å². The molecule has 2 nitrogen and oxygen atoms in total. The molecule has 0 atom stereocenters. The Hall–Kier alpha value is -1.75. The van der Waals surface area contributed by atoms with Crippen LogP contribution in [-0.4, -0.2) is 6.61 Å². The van der Waals surface area contributed by atoms with Crippen LogP contribution in [0.1, 0.15) is 29.2 Å². The van der Waals surface area contributed by atoms with Crippen molar-refractivity contribution in [1.82, 2.24) is 0 Å². The average Bonchev–Trinajstić information content (AvgIpc) is 2.56. The summed E-state index contributed by atoms with van der Waals surface area (Å²) in [4.78, 5) is 0.